The van der Waals surface area contributed by atoms with Crippen molar-refractivity contribution in [2.24, 2.45) is 0 Å². The molecule has 0 aliphatic heterocycles. The fourth-order valence-electron chi connectivity index (χ4n) is 1.76. The van der Waals surface area contributed by atoms with E-state index in [1.54, 1.807) is 17.0 Å². The van der Waals surface area contributed by atoms with Gasteiger partial charge in [0.25, 0.3) is 0 Å². The van der Waals surface area contributed by atoms with Crippen LogP contribution in [0.5, 0.6) is 0 Å². The molecular formula is C14H19N3O. The fraction of sp³-hybridized carbons (Fsp3) is 0.429. The van der Waals surface area contributed by atoms with E-state index >= 15 is 0 Å². The van der Waals surface area contributed by atoms with Crippen LogP contribution in [0.15, 0.2) is 24.3 Å². The third-order valence-corrected chi connectivity index (χ3v) is 2.84. The van der Waals surface area contributed by atoms with Gasteiger partial charge in [0.2, 0.25) is 5.91 Å². The summed E-state index contributed by atoms with van der Waals surface area (Å²) in [5.74, 6) is 0.0874. The molecule has 0 fully saturated rings. The van der Waals surface area contributed by atoms with Crippen molar-refractivity contribution in [1.82, 2.24) is 4.90 Å². The van der Waals surface area contributed by atoms with E-state index in [0.29, 0.717) is 18.7 Å². The quantitative estimate of drug-likeness (QED) is 0.865. The highest BCUT2D eigenvalue weighted by molar-refractivity contribution is 5.84. The van der Waals surface area contributed by atoms with Crippen LogP contribution in [0.25, 0.3) is 0 Å². The number of nitriles is 1. The lowest BCUT2D eigenvalue weighted by atomic mass is 10.2. The first-order valence-corrected chi connectivity index (χ1v) is 6.17. The topological polar surface area (TPSA) is 56.1 Å². The molecule has 1 atom stereocenters. The van der Waals surface area contributed by atoms with E-state index in [0.717, 1.165) is 5.69 Å². The van der Waals surface area contributed by atoms with Crippen molar-refractivity contribution in [1.29, 1.82) is 5.26 Å². The monoisotopic (exact) mass is 245 g/mol. The van der Waals surface area contributed by atoms with Gasteiger partial charge in [-0.15, -0.1) is 0 Å². The molecule has 0 spiro atoms. The van der Waals surface area contributed by atoms with Gasteiger partial charge in [-0.2, -0.15) is 5.26 Å². The maximum atomic E-state index is 12.0. The zero-order chi connectivity index (χ0) is 13.5. The zero-order valence-corrected chi connectivity index (χ0v) is 11.1. The van der Waals surface area contributed by atoms with Crippen LogP contribution < -0.4 is 5.32 Å². The summed E-state index contributed by atoms with van der Waals surface area (Å²) in [5.41, 5.74) is 1.46. The van der Waals surface area contributed by atoms with Gasteiger partial charge in [-0.1, -0.05) is 0 Å². The van der Waals surface area contributed by atoms with E-state index in [9.17, 15) is 4.79 Å². The molecule has 0 bridgehead atoms. The average molecular weight is 245 g/mol. The number of hydrogen-bond donors (Lipinski definition) is 1. The normalized spacial score (nSPS) is 11.4. The third kappa shape index (κ3) is 3.49. The van der Waals surface area contributed by atoms with Crippen LogP contribution in [-0.4, -0.2) is 29.9 Å². The van der Waals surface area contributed by atoms with E-state index in [4.69, 9.17) is 5.26 Å². The lowest BCUT2D eigenvalue weighted by molar-refractivity contribution is -0.131. The number of likely N-dealkylation sites (N-methyl/N-ethyl adjacent to an activating group) is 1. The molecule has 1 N–H and O–H groups in total. The Bertz CT molecular complexity index is 429. The van der Waals surface area contributed by atoms with Gasteiger partial charge in [-0.25, -0.2) is 0 Å². The van der Waals surface area contributed by atoms with Gasteiger partial charge < -0.3 is 10.2 Å². The molecule has 0 radical (unpaired) electrons. The number of carbonyl (C=O) groups is 1. The van der Waals surface area contributed by atoms with Crippen molar-refractivity contribution in [3.05, 3.63) is 29.8 Å². The van der Waals surface area contributed by atoms with Crippen molar-refractivity contribution >= 4 is 11.6 Å². The average Bonchev–Trinajstić information content (AvgIpc) is 2.40. The van der Waals surface area contributed by atoms with Crippen LogP contribution in [0.3, 0.4) is 0 Å². The highest BCUT2D eigenvalue weighted by Crippen LogP contribution is 2.11. The molecule has 0 aliphatic carbocycles. The van der Waals surface area contributed by atoms with Crippen LogP contribution in [0.2, 0.25) is 0 Å². The summed E-state index contributed by atoms with van der Waals surface area (Å²) in [4.78, 5) is 13.8. The minimum atomic E-state index is -0.266. The molecule has 0 aliphatic rings. The van der Waals surface area contributed by atoms with Crippen LogP contribution in [0, 0.1) is 11.3 Å². The maximum Gasteiger partial charge on any atom is 0.244 e. The zero-order valence-electron chi connectivity index (χ0n) is 11.1. The summed E-state index contributed by atoms with van der Waals surface area (Å²) in [6.07, 6.45) is 0. The first-order chi connectivity index (χ1) is 8.62. The van der Waals surface area contributed by atoms with Crippen molar-refractivity contribution in [2.45, 2.75) is 26.8 Å². The smallest absolute Gasteiger partial charge is 0.244 e. The van der Waals surface area contributed by atoms with Crippen molar-refractivity contribution in [3.63, 3.8) is 0 Å². The summed E-state index contributed by atoms with van der Waals surface area (Å²) in [6, 6.07) is 8.88. The number of nitrogens with zero attached hydrogens (tertiary/aromatic N) is 2. The number of anilines is 1. The van der Waals surface area contributed by atoms with Crippen molar-refractivity contribution in [2.75, 3.05) is 18.4 Å². The van der Waals surface area contributed by atoms with Gasteiger partial charge in [0.15, 0.2) is 0 Å². The van der Waals surface area contributed by atoms with Gasteiger partial charge in [-0.05, 0) is 45.0 Å². The molecule has 1 unspecified atom stereocenters. The Labute approximate surface area is 108 Å². The molecule has 1 aromatic rings. The molecular weight excluding hydrogens is 226 g/mol. The second-order valence-corrected chi connectivity index (χ2v) is 4.07. The number of rotatable bonds is 5. The molecule has 96 valence electrons. The Hall–Kier alpha value is -2.02. The van der Waals surface area contributed by atoms with Crippen LogP contribution in [0.4, 0.5) is 5.69 Å². The predicted octanol–water partition coefficient (Wildman–Crippen LogP) is 2.23. The van der Waals surface area contributed by atoms with Crippen molar-refractivity contribution in [3.8, 4) is 6.07 Å². The minimum Gasteiger partial charge on any atom is -0.374 e. The summed E-state index contributed by atoms with van der Waals surface area (Å²) < 4.78 is 0. The lowest BCUT2D eigenvalue weighted by Gasteiger charge is -2.24. The SMILES string of the molecule is CCN(CC)C(=O)C(C)Nc1ccc(C#N)cc1. The van der Waals surface area contributed by atoms with Gasteiger partial charge in [0, 0.05) is 18.8 Å². The highest BCUT2D eigenvalue weighted by Gasteiger charge is 2.17. The summed E-state index contributed by atoms with van der Waals surface area (Å²) >= 11 is 0. The number of hydrogen-bond acceptors (Lipinski definition) is 3. The van der Waals surface area contributed by atoms with E-state index < -0.39 is 0 Å². The molecule has 0 saturated carbocycles. The van der Waals surface area contributed by atoms with Crippen LogP contribution in [0.1, 0.15) is 26.3 Å². The largest absolute Gasteiger partial charge is 0.374 e. The van der Waals surface area contributed by atoms with Crippen LogP contribution in [-0.2, 0) is 4.79 Å². The number of benzene rings is 1. The first kappa shape index (κ1) is 14.0. The minimum absolute atomic E-state index is 0.0874. The van der Waals surface area contributed by atoms with E-state index in [1.807, 2.05) is 32.9 Å². The molecule has 1 amide bonds. The molecule has 1 rings (SSSR count). The summed E-state index contributed by atoms with van der Waals surface area (Å²) in [5, 5.41) is 11.8. The Morgan fingerprint density at radius 1 is 1.33 bits per heavy atom. The first-order valence-electron chi connectivity index (χ1n) is 6.17. The van der Waals surface area contributed by atoms with E-state index in [1.165, 1.54) is 0 Å². The van der Waals surface area contributed by atoms with Gasteiger partial charge in [0.1, 0.15) is 6.04 Å². The summed E-state index contributed by atoms with van der Waals surface area (Å²) in [7, 11) is 0. The van der Waals surface area contributed by atoms with Crippen LogP contribution >= 0.6 is 0 Å². The Balaban J connectivity index is 2.66. The third-order valence-electron chi connectivity index (χ3n) is 2.84. The fourth-order valence-corrected chi connectivity index (χ4v) is 1.76. The van der Waals surface area contributed by atoms with E-state index in [-0.39, 0.29) is 11.9 Å². The number of nitrogens with one attached hydrogen (secondary N) is 1. The van der Waals surface area contributed by atoms with Crippen molar-refractivity contribution < 1.29 is 4.79 Å². The Morgan fingerprint density at radius 3 is 2.33 bits per heavy atom. The maximum absolute atomic E-state index is 12.0. The Kier molecular flexibility index (Phi) is 5.19. The molecule has 0 heterocycles. The van der Waals surface area contributed by atoms with Gasteiger partial charge >= 0.3 is 0 Å². The molecule has 4 heteroatoms. The second kappa shape index (κ2) is 6.65. The highest BCUT2D eigenvalue weighted by atomic mass is 16.2. The molecule has 18 heavy (non-hydrogen) atoms. The number of amides is 1. The second-order valence-electron chi connectivity index (χ2n) is 4.07. The predicted molar refractivity (Wildman–Crippen MR) is 72.2 cm³/mol. The standard InChI is InChI=1S/C14H19N3O/c1-4-17(5-2)14(18)11(3)16-13-8-6-12(10-15)7-9-13/h6-9,11,16H,4-5H2,1-3H3. The molecule has 0 saturated heterocycles. The van der Waals surface area contributed by atoms with Gasteiger partial charge in [0.05, 0.1) is 11.6 Å². The Morgan fingerprint density at radius 2 is 1.89 bits per heavy atom. The lowest BCUT2D eigenvalue weighted by Crippen LogP contribution is -2.41. The molecule has 4 nitrogen and oxygen atoms in total. The van der Waals surface area contributed by atoms with E-state index in [2.05, 4.69) is 11.4 Å². The van der Waals surface area contributed by atoms with Gasteiger partial charge in [-0.3, -0.25) is 4.79 Å². The molecule has 1 aromatic carbocycles. The number of carbonyl (C=O) groups excluding carboxylic acids is 1. The molecule has 0 aromatic heterocycles. The summed E-state index contributed by atoms with van der Waals surface area (Å²) in [6.45, 7) is 7.22.